The second-order valence-corrected chi connectivity index (χ2v) is 5.19. The zero-order chi connectivity index (χ0) is 15.2. The van der Waals surface area contributed by atoms with Crippen LogP contribution in [-0.2, 0) is 4.79 Å². The molecule has 2 rings (SSSR count). The molecule has 1 saturated heterocycles. The zero-order valence-corrected chi connectivity index (χ0v) is 12.5. The molecule has 6 heteroatoms. The van der Waals surface area contributed by atoms with Gasteiger partial charge in [-0.25, -0.2) is 4.79 Å². The van der Waals surface area contributed by atoms with Crippen LogP contribution in [0.15, 0.2) is 24.3 Å². The molecule has 1 atom stereocenters. The highest BCUT2D eigenvalue weighted by Gasteiger charge is 2.19. The van der Waals surface area contributed by atoms with E-state index in [1.807, 2.05) is 31.3 Å². The molecule has 3 N–H and O–H groups in total. The molecule has 0 aromatic heterocycles. The monoisotopic (exact) mass is 290 g/mol. The lowest BCUT2D eigenvalue weighted by molar-refractivity contribution is -0.120. The summed E-state index contributed by atoms with van der Waals surface area (Å²) in [6, 6.07) is 7.74. The van der Waals surface area contributed by atoms with E-state index in [0.717, 1.165) is 17.7 Å². The topological polar surface area (TPSA) is 73.5 Å². The molecule has 1 aromatic carbocycles. The fraction of sp³-hybridized carbons (Fsp3) is 0.467. The summed E-state index contributed by atoms with van der Waals surface area (Å²) in [5.74, 6) is -0.110. The number of rotatable bonds is 3. The first-order valence-electron chi connectivity index (χ1n) is 7.20. The van der Waals surface area contributed by atoms with Crippen LogP contribution in [0.1, 0.15) is 24.9 Å². The van der Waals surface area contributed by atoms with Crippen LogP contribution in [0.2, 0.25) is 0 Å². The highest BCUT2D eigenvalue weighted by atomic mass is 16.2. The number of hydrogen-bond donors (Lipinski definition) is 3. The predicted molar refractivity (Wildman–Crippen MR) is 82.1 cm³/mol. The van der Waals surface area contributed by atoms with Crippen LogP contribution >= 0.6 is 0 Å². The minimum Gasteiger partial charge on any atom is -0.354 e. The van der Waals surface area contributed by atoms with Gasteiger partial charge in [0.05, 0.1) is 0 Å². The van der Waals surface area contributed by atoms with Gasteiger partial charge in [0.1, 0.15) is 6.54 Å². The van der Waals surface area contributed by atoms with Crippen molar-refractivity contribution < 1.29 is 9.59 Å². The van der Waals surface area contributed by atoms with Crippen molar-refractivity contribution in [1.82, 2.24) is 15.5 Å². The van der Waals surface area contributed by atoms with Crippen LogP contribution < -0.4 is 16.0 Å². The van der Waals surface area contributed by atoms with E-state index < -0.39 is 0 Å². The normalized spacial score (nSPS) is 16.9. The van der Waals surface area contributed by atoms with Crippen LogP contribution in [-0.4, -0.2) is 43.5 Å². The Morgan fingerprint density at radius 2 is 2.05 bits per heavy atom. The molecule has 1 aromatic rings. The second-order valence-electron chi connectivity index (χ2n) is 5.19. The Balaban J connectivity index is 1.97. The maximum atomic E-state index is 12.2. The summed E-state index contributed by atoms with van der Waals surface area (Å²) in [4.78, 5) is 25.2. The first-order valence-corrected chi connectivity index (χ1v) is 7.20. The van der Waals surface area contributed by atoms with Crippen LogP contribution in [0.4, 0.5) is 10.5 Å². The maximum Gasteiger partial charge on any atom is 0.322 e. The Bertz CT molecular complexity index is 501. The van der Waals surface area contributed by atoms with Crippen molar-refractivity contribution >= 4 is 17.6 Å². The minimum atomic E-state index is -0.235. The number of nitrogens with zero attached hydrogens (tertiary/aromatic N) is 1. The Hall–Kier alpha value is -2.08. The van der Waals surface area contributed by atoms with Crippen LogP contribution in [0.25, 0.3) is 0 Å². The molecule has 21 heavy (non-hydrogen) atoms. The Morgan fingerprint density at radius 1 is 1.33 bits per heavy atom. The molecule has 1 heterocycles. The van der Waals surface area contributed by atoms with Gasteiger partial charge in [0.25, 0.3) is 0 Å². The molecule has 1 unspecified atom stereocenters. The maximum absolute atomic E-state index is 12.2. The molecule has 6 nitrogen and oxygen atoms in total. The molecule has 1 aliphatic rings. The van der Waals surface area contributed by atoms with Crippen molar-refractivity contribution in [2.75, 3.05) is 32.0 Å². The zero-order valence-electron chi connectivity index (χ0n) is 12.5. The lowest BCUT2D eigenvalue weighted by atomic mass is 10.1. The average Bonchev–Trinajstić information content (AvgIpc) is 2.72. The van der Waals surface area contributed by atoms with Gasteiger partial charge in [-0.15, -0.1) is 0 Å². The van der Waals surface area contributed by atoms with Crippen LogP contribution in [0.3, 0.4) is 0 Å². The lowest BCUT2D eigenvalue weighted by Crippen LogP contribution is -2.39. The second kappa shape index (κ2) is 7.08. The molecular weight excluding hydrogens is 268 g/mol. The predicted octanol–water partition coefficient (Wildman–Crippen LogP) is 1.32. The number of amides is 3. The quantitative estimate of drug-likeness (QED) is 0.786. The summed E-state index contributed by atoms with van der Waals surface area (Å²) in [6.45, 7) is 3.39. The molecule has 1 aliphatic heterocycles. The SMILES string of the molecule is CNC(C)c1ccc(NC(=O)N2CCCNC(=O)C2)cc1. The Kier molecular flexibility index (Phi) is 5.16. The van der Waals surface area contributed by atoms with E-state index in [2.05, 4.69) is 22.9 Å². The van der Waals surface area contributed by atoms with E-state index in [-0.39, 0.29) is 24.5 Å². The molecule has 0 aliphatic carbocycles. The molecule has 1 fully saturated rings. The van der Waals surface area contributed by atoms with Crippen molar-refractivity contribution in [2.24, 2.45) is 0 Å². The number of benzene rings is 1. The molecule has 0 spiro atoms. The third-order valence-corrected chi connectivity index (χ3v) is 3.64. The Morgan fingerprint density at radius 3 is 2.71 bits per heavy atom. The van der Waals surface area contributed by atoms with E-state index >= 15 is 0 Å². The number of hydrogen-bond acceptors (Lipinski definition) is 3. The van der Waals surface area contributed by atoms with Gasteiger partial charge in [0.15, 0.2) is 0 Å². The largest absolute Gasteiger partial charge is 0.354 e. The highest BCUT2D eigenvalue weighted by molar-refractivity contribution is 5.92. The summed E-state index contributed by atoms with van der Waals surface area (Å²) < 4.78 is 0. The van der Waals surface area contributed by atoms with Gasteiger partial charge < -0.3 is 20.9 Å². The van der Waals surface area contributed by atoms with Crippen molar-refractivity contribution in [2.45, 2.75) is 19.4 Å². The third kappa shape index (κ3) is 4.19. The lowest BCUT2D eigenvalue weighted by Gasteiger charge is -2.20. The van der Waals surface area contributed by atoms with E-state index in [4.69, 9.17) is 0 Å². The van der Waals surface area contributed by atoms with E-state index in [9.17, 15) is 9.59 Å². The molecular formula is C15H22N4O2. The fourth-order valence-corrected chi connectivity index (χ4v) is 2.20. The van der Waals surface area contributed by atoms with E-state index in [0.29, 0.717) is 13.1 Å². The van der Waals surface area contributed by atoms with Gasteiger partial charge in [0.2, 0.25) is 5.91 Å². The highest BCUT2D eigenvalue weighted by Crippen LogP contribution is 2.16. The van der Waals surface area contributed by atoms with Crippen LogP contribution in [0.5, 0.6) is 0 Å². The smallest absolute Gasteiger partial charge is 0.322 e. The minimum absolute atomic E-state index is 0.110. The van der Waals surface area contributed by atoms with Gasteiger partial charge >= 0.3 is 6.03 Å². The number of carbonyl (C=O) groups is 2. The number of urea groups is 1. The molecule has 0 radical (unpaired) electrons. The van der Waals surface area contributed by atoms with Crippen LogP contribution in [0, 0.1) is 0 Å². The van der Waals surface area contributed by atoms with Gasteiger partial charge in [-0.1, -0.05) is 12.1 Å². The standard InChI is InChI=1S/C15H22N4O2/c1-11(16-2)12-4-6-13(7-5-12)18-15(21)19-9-3-8-17-14(20)10-19/h4-7,11,16H,3,8-10H2,1-2H3,(H,17,20)(H,18,21). The van der Waals surface area contributed by atoms with Gasteiger partial charge in [-0.3, -0.25) is 4.79 Å². The average molecular weight is 290 g/mol. The summed E-state index contributed by atoms with van der Waals surface area (Å²) in [5, 5.41) is 8.75. The Labute approximate surface area is 124 Å². The van der Waals surface area contributed by atoms with Crippen molar-refractivity contribution in [1.29, 1.82) is 0 Å². The number of carbonyl (C=O) groups excluding carboxylic acids is 2. The number of anilines is 1. The van der Waals surface area contributed by atoms with E-state index in [1.165, 1.54) is 4.90 Å². The summed E-state index contributed by atoms with van der Waals surface area (Å²) in [6.07, 6.45) is 0.776. The molecule has 0 bridgehead atoms. The van der Waals surface area contributed by atoms with E-state index in [1.54, 1.807) is 0 Å². The summed E-state index contributed by atoms with van der Waals surface area (Å²) in [5.41, 5.74) is 1.89. The molecule has 3 amide bonds. The summed E-state index contributed by atoms with van der Waals surface area (Å²) >= 11 is 0. The molecule has 114 valence electrons. The number of nitrogens with one attached hydrogen (secondary N) is 3. The fourth-order valence-electron chi connectivity index (χ4n) is 2.20. The first-order chi connectivity index (χ1) is 10.1. The first kappa shape index (κ1) is 15.3. The third-order valence-electron chi connectivity index (χ3n) is 3.64. The van der Waals surface area contributed by atoms with Crippen molar-refractivity contribution in [3.8, 4) is 0 Å². The van der Waals surface area contributed by atoms with Crippen molar-refractivity contribution in [3.05, 3.63) is 29.8 Å². The van der Waals surface area contributed by atoms with Gasteiger partial charge in [-0.05, 0) is 38.1 Å². The summed E-state index contributed by atoms with van der Waals surface area (Å²) in [7, 11) is 1.91. The van der Waals surface area contributed by atoms with Gasteiger partial charge in [-0.2, -0.15) is 0 Å². The molecule has 0 saturated carbocycles. The van der Waals surface area contributed by atoms with Gasteiger partial charge in [0, 0.05) is 24.8 Å². The van der Waals surface area contributed by atoms with Crippen molar-refractivity contribution in [3.63, 3.8) is 0 Å².